The molecule has 0 radical (unpaired) electrons. The van der Waals surface area contributed by atoms with Gasteiger partial charge in [0.1, 0.15) is 0 Å². The van der Waals surface area contributed by atoms with E-state index in [0.29, 0.717) is 6.04 Å². The second-order valence-corrected chi connectivity index (χ2v) is 5.50. The molecule has 0 fully saturated rings. The summed E-state index contributed by atoms with van der Waals surface area (Å²) in [6.45, 7) is 7.60. The van der Waals surface area contributed by atoms with Crippen LogP contribution in [-0.4, -0.2) is 11.5 Å². The third-order valence-corrected chi connectivity index (χ3v) is 4.19. The molecule has 0 saturated heterocycles. The Bertz CT molecular complexity index is 296. The van der Waals surface area contributed by atoms with Crippen LogP contribution in [0, 0.1) is 6.92 Å². The maximum absolute atomic E-state index is 4.36. The molecule has 17 heavy (non-hydrogen) atoms. The highest BCUT2D eigenvalue weighted by Crippen LogP contribution is 2.26. The molecule has 0 aliphatic rings. The van der Waals surface area contributed by atoms with E-state index in [4.69, 9.17) is 0 Å². The molecule has 0 amide bonds. The van der Waals surface area contributed by atoms with Crippen molar-refractivity contribution in [3.63, 3.8) is 0 Å². The summed E-state index contributed by atoms with van der Waals surface area (Å²) in [5.74, 6) is 0. The van der Waals surface area contributed by atoms with Crippen LogP contribution >= 0.6 is 11.3 Å². The van der Waals surface area contributed by atoms with Crippen LogP contribution in [0.4, 0.5) is 0 Å². The normalized spacial score (nSPS) is 12.9. The van der Waals surface area contributed by atoms with Crippen LogP contribution in [0.2, 0.25) is 0 Å². The van der Waals surface area contributed by atoms with E-state index in [1.807, 2.05) is 5.51 Å². The quantitative estimate of drug-likeness (QED) is 0.658. The molecule has 98 valence electrons. The first-order valence-electron chi connectivity index (χ1n) is 6.92. The first-order valence-corrected chi connectivity index (χ1v) is 7.80. The zero-order valence-corrected chi connectivity index (χ0v) is 12.3. The van der Waals surface area contributed by atoms with Crippen LogP contribution in [0.1, 0.15) is 69.0 Å². The molecule has 1 rings (SSSR count). The Balaban J connectivity index is 2.36. The molecule has 0 saturated carbocycles. The van der Waals surface area contributed by atoms with Gasteiger partial charge >= 0.3 is 0 Å². The van der Waals surface area contributed by atoms with E-state index in [1.165, 1.54) is 49.1 Å². The van der Waals surface area contributed by atoms with Gasteiger partial charge in [-0.15, -0.1) is 11.3 Å². The van der Waals surface area contributed by atoms with Crippen LogP contribution in [0.15, 0.2) is 5.51 Å². The van der Waals surface area contributed by atoms with E-state index < -0.39 is 0 Å². The Hall–Kier alpha value is -0.410. The van der Waals surface area contributed by atoms with Crippen LogP contribution < -0.4 is 5.32 Å². The Morgan fingerprint density at radius 1 is 1.24 bits per heavy atom. The van der Waals surface area contributed by atoms with Gasteiger partial charge in [0.05, 0.1) is 11.2 Å². The highest BCUT2D eigenvalue weighted by atomic mass is 32.1. The Kier molecular flexibility index (Phi) is 7.45. The largest absolute Gasteiger partial charge is 0.309 e. The molecule has 1 unspecified atom stereocenters. The number of unbranched alkanes of at least 4 members (excludes halogenated alkanes) is 4. The van der Waals surface area contributed by atoms with Crippen molar-refractivity contribution in [2.24, 2.45) is 0 Å². The third-order valence-electron chi connectivity index (χ3n) is 3.15. The fourth-order valence-electron chi connectivity index (χ4n) is 2.17. The van der Waals surface area contributed by atoms with Crippen molar-refractivity contribution in [3.8, 4) is 0 Å². The van der Waals surface area contributed by atoms with Crippen LogP contribution in [0.25, 0.3) is 0 Å². The van der Waals surface area contributed by atoms with Gasteiger partial charge in [-0.1, -0.05) is 46.0 Å². The van der Waals surface area contributed by atoms with Gasteiger partial charge in [-0.2, -0.15) is 0 Å². The summed E-state index contributed by atoms with van der Waals surface area (Å²) in [6.07, 6.45) is 8.04. The monoisotopic (exact) mass is 254 g/mol. The summed E-state index contributed by atoms with van der Waals surface area (Å²) in [4.78, 5) is 5.79. The molecule has 1 aromatic heterocycles. The summed E-state index contributed by atoms with van der Waals surface area (Å²) in [6, 6.07) is 0.522. The maximum atomic E-state index is 4.36. The molecule has 0 spiro atoms. The van der Waals surface area contributed by atoms with Gasteiger partial charge in [-0.25, -0.2) is 4.98 Å². The molecular formula is C14H26N2S. The summed E-state index contributed by atoms with van der Waals surface area (Å²) >= 11 is 1.79. The lowest BCUT2D eigenvalue weighted by atomic mass is 10.0. The molecule has 0 aromatic carbocycles. The first kappa shape index (κ1) is 14.7. The number of aryl methyl sites for hydroxylation is 1. The fraction of sp³-hybridized carbons (Fsp3) is 0.786. The maximum Gasteiger partial charge on any atom is 0.0798 e. The van der Waals surface area contributed by atoms with Crippen molar-refractivity contribution in [3.05, 3.63) is 16.1 Å². The van der Waals surface area contributed by atoms with E-state index in [1.54, 1.807) is 11.3 Å². The second-order valence-electron chi connectivity index (χ2n) is 4.62. The average molecular weight is 254 g/mol. The van der Waals surface area contributed by atoms with Crippen LogP contribution in [0.5, 0.6) is 0 Å². The lowest BCUT2D eigenvalue weighted by Crippen LogP contribution is -2.20. The van der Waals surface area contributed by atoms with Crippen molar-refractivity contribution in [1.82, 2.24) is 10.3 Å². The number of hydrogen-bond donors (Lipinski definition) is 1. The lowest BCUT2D eigenvalue weighted by molar-refractivity contribution is 0.482. The van der Waals surface area contributed by atoms with Crippen LogP contribution in [0.3, 0.4) is 0 Å². The molecule has 3 heteroatoms. The Morgan fingerprint density at radius 3 is 2.59 bits per heavy atom. The van der Waals surface area contributed by atoms with E-state index in [9.17, 15) is 0 Å². The molecule has 1 heterocycles. The summed E-state index contributed by atoms with van der Waals surface area (Å²) in [5.41, 5.74) is 3.17. The molecule has 1 aromatic rings. The van der Waals surface area contributed by atoms with E-state index in [2.05, 4.69) is 31.1 Å². The van der Waals surface area contributed by atoms with Gasteiger partial charge in [0.15, 0.2) is 0 Å². The number of rotatable bonds is 9. The smallest absolute Gasteiger partial charge is 0.0798 e. The highest BCUT2D eigenvalue weighted by Gasteiger charge is 2.14. The SMILES string of the molecule is CCCCCCCC(NCC)c1scnc1C. The predicted octanol–water partition coefficient (Wildman–Crippen LogP) is 4.46. The minimum atomic E-state index is 0.522. The third kappa shape index (κ3) is 5.17. The number of hydrogen-bond acceptors (Lipinski definition) is 3. The van der Waals surface area contributed by atoms with Crippen molar-refractivity contribution in [1.29, 1.82) is 0 Å². The van der Waals surface area contributed by atoms with Crippen molar-refractivity contribution in [2.75, 3.05) is 6.54 Å². The minimum Gasteiger partial charge on any atom is -0.309 e. The zero-order chi connectivity index (χ0) is 12.5. The average Bonchev–Trinajstić information content (AvgIpc) is 2.74. The predicted molar refractivity (Wildman–Crippen MR) is 76.6 cm³/mol. The molecule has 1 N–H and O–H groups in total. The van der Waals surface area contributed by atoms with Crippen molar-refractivity contribution >= 4 is 11.3 Å². The van der Waals surface area contributed by atoms with Gasteiger partial charge in [0.2, 0.25) is 0 Å². The van der Waals surface area contributed by atoms with Gasteiger partial charge in [-0.3, -0.25) is 0 Å². The van der Waals surface area contributed by atoms with E-state index in [-0.39, 0.29) is 0 Å². The highest BCUT2D eigenvalue weighted by molar-refractivity contribution is 7.09. The van der Waals surface area contributed by atoms with E-state index in [0.717, 1.165) is 6.54 Å². The molecule has 1 atom stereocenters. The topological polar surface area (TPSA) is 24.9 Å². The minimum absolute atomic E-state index is 0.522. The first-order chi connectivity index (χ1) is 8.29. The van der Waals surface area contributed by atoms with Gasteiger partial charge in [0.25, 0.3) is 0 Å². The van der Waals surface area contributed by atoms with Gasteiger partial charge in [-0.05, 0) is 19.9 Å². The number of thiazole rings is 1. The van der Waals surface area contributed by atoms with Gasteiger partial charge < -0.3 is 5.32 Å². The second kappa shape index (κ2) is 8.65. The number of nitrogens with zero attached hydrogens (tertiary/aromatic N) is 1. The van der Waals surface area contributed by atoms with Crippen molar-refractivity contribution in [2.45, 2.75) is 65.3 Å². The standard InChI is InChI=1S/C14H26N2S/c1-4-6-7-8-9-10-13(15-5-2)14-12(3)16-11-17-14/h11,13,15H,4-10H2,1-3H3. The van der Waals surface area contributed by atoms with E-state index >= 15 is 0 Å². The lowest BCUT2D eigenvalue weighted by Gasteiger charge is -2.16. The zero-order valence-electron chi connectivity index (χ0n) is 11.5. The molecular weight excluding hydrogens is 228 g/mol. The summed E-state index contributed by atoms with van der Waals surface area (Å²) < 4.78 is 0. The summed E-state index contributed by atoms with van der Waals surface area (Å²) in [7, 11) is 0. The Labute approximate surface area is 110 Å². The molecule has 2 nitrogen and oxygen atoms in total. The Morgan fingerprint density at radius 2 is 2.00 bits per heavy atom. The fourth-order valence-corrected chi connectivity index (χ4v) is 3.08. The number of aromatic nitrogens is 1. The van der Waals surface area contributed by atoms with Crippen LogP contribution in [-0.2, 0) is 0 Å². The number of nitrogens with one attached hydrogen (secondary N) is 1. The molecule has 0 aliphatic heterocycles. The molecule has 0 bridgehead atoms. The summed E-state index contributed by atoms with van der Waals surface area (Å²) in [5, 5.41) is 3.59. The van der Waals surface area contributed by atoms with Gasteiger partial charge in [0, 0.05) is 10.9 Å². The van der Waals surface area contributed by atoms with Crippen molar-refractivity contribution < 1.29 is 0 Å². The molecule has 0 aliphatic carbocycles.